The van der Waals surface area contributed by atoms with E-state index in [0.717, 1.165) is 5.56 Å². The highest BCUT2D eigenvalue weighted by molar-refractivity contribution is 6.07. The van der Waals surface area contributed by atoms with Crippen molar-refractivity contribution >= 4 is 17.6 Å². The first kappa shape index (κ1) is 18.6. The molecule has 2 aromatic rings. The summed E-state index contributed by atoms with van der Waals surface area (Å²) < 4.78 is 5.02. The molecular weight excluding hydrogens is 348 g/mol. The summed E-state index contributed by atoms with van der Waals surface area (Å²) >= 11 is 0. The summed E-state index contributed by atoms with van der Waals surface area (Å²) in [6.07, 6.45) is 0. The first-order valence-corrected chi connectivity index (χ1v) is 8.75. The lowest BCUT2D eigenvalue weighted by Crippen LogP contribution is -2.37. The first-order chi connectivity index (χ1) is 13.0. The second-order valence-corrected chi connectivity index (χ2v) is 6.32. The number of ether oxygens (including phenoxy) is 1. The summed E-state index contributed by atoms with van der Waals surface area (Å²) in [4.78, 5) is 37.7. The molecule has 0 saturated heterocycles. The third-order valence-corrected chi connectivity index (χ3v) is 4.62. The number of carbonyl (C=O) groups is 2. The molecule has 27 heavy (non-hydrogen) atoms. The van der Waals surface area contributed by atoms with Gasteiger partial charge in [-0.25, -0.2) is 0 Å². The van der Waals surface area contributed by atoms with Crippen molar-refractivity contribution in [2.75, 3.05) is 18.1 Å². The van der Waals surface area contributed by atoms with Gasteiger partial charge in [0.05, 0.1) is 19.1 Å². The molecule has 140 valence electrons. The minimum absolute atomic E-state index is 0.101. The van der Waals surface area contributed by atoms with Crippen LogP contribution in [0.2, 0.25) is 0 Å². The number of nitro groups is 1. The molecule has 0 spiro atoms. The lowest BCUT2D eigenvalue weighted by molar-refractivity contribution is -0.486. The maximum atomic E-state index is 13.2. The number of rotatable bonds is 7. The highest BCUT2D eigenvalue weighted by Crippen LogP contribution is 2.42. The van der Waals surface area contributed by atoms with Crippen molar-refractivity contribution in [2.24, 2.45) is 5.92 Å². The highest BCUT2D eigenvalue weighted by atomic mass is 16.6. The van der Waals surface area contributed by atoms with Crippen molar-refractivity contribution < 1.29 is 19.2 Å². The molecule has 2 aromatic carbocycles. The Balaban J connectivity index is 1.99. The van der Waals surface area contributed by atoms with Crippen molar-refractivity contribution in [3.63, 3.8) is 0 Å². The zero-order valence-corrected chi connectivity index (χ0v) is 14.9. The number of anilines is 1. The van der Waals surface area contributed by atoms with Crippen molar-refractivity contribution in [1.29, 1.82) is 0 Å². The quantitative estimate of drug-likeness (QED) is 0.426. The first-order valence-electron chi connectivity index (χ1n) is 8.75. The Bertz CT molecular complexity index is 852. The van der Waals surface area contributed by atoms with Gasteiger partial charge in [0.2, 0.25) is 12.5 Å². The molecule has 1 heterocycles. The van der Waals surface area contributed by atoms with E-state index in [2.05, 4.69) is 0 Å². The third-order valence-electron chi connectivity index (χ3n) is 4.62. The van der Waals surface area contributed by atoms with Crippen LogP contribution in [0.4, 0.5) is 5.69 Å². The van der Waals surface area contributed by atoms with Crippen molar-refractivity contribution in [1.82, 2.24) is 0 Å². The minimum Gasteiger partial charge on any atom is -0.466 e. The number of amides is 1. The number of benzene rings is 2. The lowest BCUT2D eigenvalue weighted by Gasteiger charge is -2.20. The summed E-state index contributed by atoms with van der Waals surface area (Å²) in [6, 6.07) is 16.6. The van der Waals surface area contributed by atoms with Gasteiger partial charge in [-0.2, -0.15) is 0 Å². The number of para-hydroxylation sites is 1. The predicted octanol–water partition coefficient (Wildman–Crippen LogP) is 2.77. The lowest BCUT2D eigenvalue weighted by atomic mass is 9.87. The molecule has 7 heteroatoms. The molecular formula is C20H20N2O5. The summed E-state index contributed by atoms with van der Waals surface area (Å²) in [5.41, 5.74) is 2.23. The zero-order valence-electron chi connectivity index (χ0n) is 14.9. The molecule has 1 amide bonds. The van der Waals surface area contributed by atoms with Crippen LogP contribution in [-0.4, -0.2) is 30.0 Å². The Morgan fingerprint density at radius 1 is 1.19 bits per heavy atom. The van der Waals surface area contributed by atoms with Crippen LogP contribution in [0.15, 0.2) is 54.6 Å². The maximum Gasteiger partial charge on any atom is 0.316 e. The standard InChI is InChI=1S/C20H20N2O5/c1-2-27-20(24)16(13-22(25)26)18-15-10-6-7-11-17(15)21(19(18)23)12-14-8-4-3-5-9-14/h3-11,16,18H,2,12-13H2,1H3/t16-,18+/m0/s1. The van der Waals surface area contributed by atoms with Gasteiger partial charge >= 0.3 is 5.97 Å². The molecule has 0 N–H and O–H groups in total. The van der Waals surface area contributed by atoms with Crippen molar-refractivity contribution in [2.45, 2.75) is 19.4 Å². The minimum atomic E-state index is -1.16. The monoisotopic (exact) mass is 368 g/mol. The van der Waals surface area contributed by atoms with E-state index in [1.54, 1.807) is 36.1 Å². The predicted molar refractivity (Wildman–Crippen MR) is 98.8 cm³/mol. The van der Waals surface area contributed by atoms with Gasteiger partial charge in [0.1, 0.15) is 5.92 Å². The van der Waals surface area contributed by atoms with E-state index in [4.69, 9.17) is 4.74 Å². The summed E-state index contributed by atoms with van der Waals surface area (Å²) in [5.74, 6) is -3.12. The number of esters is 1. The van der Waals surface area contributed by atoms with E-state index in [1.807, 2.05) is 30.3 Å². The zero-order chi connectivity index (χ0) is 19.4. The van der Waals surface area contributed by atoms with Crippen LogP contribution < -0.4 is 4.90 Å². The van der Waals surface area contributed by atoms with Gasteiger partial charge in [0.15, 0.2) is 0 Å². The summed E-state index contributed by atoms with van der Waals surface area (Å²) in [7, 11) is 0. The smallest absolute Gasteiger partial charge is 0.316 e. The number of fused-ring (bicyclic) bond motifs is 1. The van der Waals surface area contributed by atoms with Crippen LogP contribution in [-0.2, 0) is 20.9 Å². The Kier molecular flexibility index (Phi) is 5.49. The molecule has 0 fully saturated rings. The molecule has 0 bridgehead atoms. The van der Waals surface area contributed by atoms with Gasteiger partial charge in [0.25, 0.3) is 0 Å². The Hall–Kier alpha value is -3.22. The van der Waals surface area contributed by atoms with Crippen LogP contribution in [0.25, 0.3) is 0 Å². The number of hydrogen-bond donors (Lipinski definition) is 0. The molecule has 0 radical (unpaired) electrons. The molecule has 7 nitrogen and oxygen atoms in total. The summed E-state index contributed by atoms with van der Waals surface area (Å²) in [5, 5.41) is 11.1. The van der Waals surface area contributed by atoms with E-state index in [9.17, 15) is 19.7 Å². The largest absolute Gasteiger partial charge is 0.466 e. The molecule has 0 aliphatic carbocycles. The molecule has 1 aliphatic rings. The Labute approximate surface area is 156 Å². The van der Waals surface area contributed by atoms with Gasteiger partial charge in [0, 0.05) is 10.6 Å². The Morgan fingerprint density at radius 2 is 1.85 bits per heavy atom. The van der Waals surface area contributed by atoms with Crippen molar-refractivity contribution in [3.8, 4) is 0 Å². The third kappa shape index (κ3) is 3.81. The SMILES string of the molecule is CCOC(=O)[C@@H](C[N+](=O)[O-])[C@@H]1C(=O)N(Cc2ccccc2)c2ccccc21. The van der Waals surface area contributed by atoms with E-state index < -0.39 is 29.3 Å². The fourth-order valence-corrected chi connectivity index (χ4v) is 3.46. The molecule has 2 atom stereocenters. The van der Waals surface area contributed by atoms with Crippen LogP contribution in [0, 0.1) is 16.0 Å². The van der Waals surface area contributed by atoms with Gasteiger partial charge in [-0.3, -0.25) is 19.7 Å². The van der Waals surface area contributed by atoms with Crippen molar-refractivity contribution in [3.05, 3.63) is 75.8 Å². The second kappa shape index (κ2) is 7.99. The van der Waals surface area contributed by atoms with E-state index in [0.29, 0.717) is 17.8 Å². The highest BCUT2D eigenvalue weighted by Gasteiger charge is 2.47. The van der Waals surface area contributed by atoms with Crippen LogP contribution in [0.1, 0.15) is 24.0 Å². The van der Waals surface area contributed by atoms with Gasteiger partial charge in [-0.1, -0.05) is 48.5 Å². The van der Waals surface area contributed by atoms with Gasteiger partial charge in [-0.05, 0) is 24.1 Å². The molecule has 0 aromatic heterocycles. The van der Waals surface area contributed by atoms with Crippen LogP contribution >= 0.6 is 0 Å². The average Bonchev–Trinajstić information content (AvgIpc) is 2.93. The number of hydrogen-bond acceptors (Lipinski definition) is 5. The normalized spacial score (nSPS) is 16.7. The molecule has 0 unspecified atom stereocenters. The van der Waals surface area contributed by atoms with E-state index in [1.165, 1.54) is 0 Å². The Morgan fingerprint density at radius 3 is 2.52 bits per heavy atom. The van der Waals surface area contributed by atoms with Gasteiger partial charge in [-0.15, -0.1) is 0 Å². The maximum absolute atomic E-state index is 13.2. The van der Waals surface area contributed by atoms with E-state index >= 15 is 0 Å². The van der Waals surface area contributed by atoms with Crippen LogP contribution in [0.5, 0.6) is 0 Å². The fourth-order valence-electron chi connectivity index (χ4n) is 3.46. The molecule has 3 rings (SSSR count). The number of carbonyl (C=O) groups excluding carboxylic acids is 2. The average molecular weight is 368 g/mol. The fraction of sp³-hybridized carbons (Fsp3) is 0.300. The number of nitrogens with zero attached hydrogens (tertiary/aromatic N) is 2. The summed E-state index contributed by atoms with van der Waals surface area (Å²) in [6.45, 7) is 1.42. The second-order valence-electron chi connectivity index (χ2n) is 6.32. The molecule has 0 saturated carbocycles. The molecule has 1 aliphatic heterocycles. The van der Waals surface area contributed by atoms with Gasteiger partial charge < -0.3 is 9.64 Å². The van der Waals surface area contributed by atoms with Crippen LogP contribution in [0.3, 0.4) is 0 Å². The van der Waals surface area contributed by atoms with E-state index in [-0.39, 0.29) is 12.5 Å². The topological polar surface area (TPSA) is 89.7 Å².